The molecule has 1 aromatic rings. The Morgan fingerprint density at radius 2 is 2.20 bits per heavy atom. The number of nitro groups is 1. The maximum atomic E-state index is 10.9. The van der Waals surface area contributed by atoms with Crippen molar-refractivity contribution in [2.24, 2.45) is 0 Å². The van der Waals surface area contributed by atoms with E-state index in [1.165, 1.54) is 25.3 Å². The minimum absolute atomic E-state index is 0.0692. The number of carbonyl (C=O) groups is 1. The summed E-state index contributed by atoms with van der Waals surface area (Å²) >= 11 is 0. The fraction of sp³-hybridized carbons (Fsp3) is 0.417. The van der Waals surface area contributed by atoms with Gasteiger partial charge in [-0.1, -0.05) is 0 Å². The molecule has 8 nitrogen and oxygen atoms in total. The Labute approximate surface area is 115 Å². The SMILES string of the molecule is CCOC(COc1cc(OC)ccc1[N+](=O)[O-])C(=O)O. The van der Waals surface area contributed by atoms with Gasteiger partial charge in [0.2, 0.25) is 5.75 Å². The number of methoxy groups -OCH3 is 1. The normalized spacial score (nSPS) is 11.7. The third-order valence-corrected chi connectivity index (χ3v) is 2.40. The van der Waals surface area contributed by atoms with Crippen LogP contribution in [0.15, 0.2) is 18.2 Å². The second kappa shape index (κ2) is 7.29. The summed E-state index contributed by atoms with van der Waals surface area (Å²) in [5.74, 6) is -0.897. The highest BCUT2D eigenvalue weighted by Crippen LogP contribution is 2.31. The molecule has 0 aliphatic rings. The number of nitrogens with zero attached hydrogens (tertiary/aromatic N) is 1. The number of nitro benzene ring substituents is 1. The van der Waals surface area contributed by atoms with Crippen molar-refractivity contribution in [3.8, 4) is 11.5 Å². The fourth-order valence-corrected chi connectivity index (χ4v) is 1.45. The van der Waals surface area contributed by atoms with Crippen LogP contribution in [0.3, 0.4) is 0 Å². The molecule has 0 aliphatic carbocycles. The number of rotatable bonds is 8. The first-order valence-corrected chi connectivity index (χ1v) is 5.79. The summed E-state index contributed by atoms with van der Waals surface area (Å²) in [5, 5.41) is 19.8. The molecule has 20 heavy (non-hydrogen) atoms. The van der Waals surface area contributed by atoms with E-state index in [2.05, 4.69) is 0 Å². The van der Waals surface area contributed by atoms with Crippen molar-refractivity contribution in [1.29, 1.82) is 0 Å². The second-order valence-electron chi connectivity index (χ2n) is 3.68. The summed E-state index contributed by atoms with van der Waals surface area (Å²) in [6.07, 6.45) is -1.19. The molecule has 0 fully saturated rings. The van der Waals surface area contributed by atoms with Crippen molar-refractivity contribution < 1.29 is 29.0 Å². The average Bonchev–Trinajstić information content (AvgIpc) is 2.42. The summed E-state index contributed by atoms with van der Waals surface area (Å²) in [6, 6.07) is 3.97. The predicted octanol–water partition coefficient (Wildman–Crippen LogP) is 1.47. The summed E-state index contributed by atoms with van der Waals surface area (Å²) < 4.78 is 15.1. The molecule has 0 saturated carbocycles. The van der Waals surface area contributed by atoms with Crippen molar-refractivity contribution >= 4 is 11.7 Å². The van der Waals surface area contributed by atoms with E-state index in [1.807, 2.05) is 0 Å². The molecule has 8 heteroatoms. The molecule has 0 aromatic heterocycles. The average molecular weight is 285 g/mol. The van der Waals surface area contributed by atoms with Crippen LogP contribution in [0.1, 0.15) is 6.92 Å². The number of benzene rings is 1. The van der Waals surface area contributed by atoms with Crippen LogP contribution in [-0.4, -0.2) is 42.4 Å². The lowest BCUT2D eigenvalue weighted by molar-refractivity contribution is -0.386. The number of hydrogen-bond acceptors (Lipinski definition) is 6. The molecule has 1 rings (SSSR count). The van der Waals surface area contributed by atoms with Gasteiger partial charge < -0.3 is 19.3 Å². The van der Waals surface area contributed by atoms with Gasteiger partial charge >= 0.3 is 11.7 Å². The van der Waals surface area contributed by atoms with Crippen LogP contribution < -0.4 is 9.47 Å². The molecule has 0 aliphatic heterocycles. The zero-order chi connectivity index (χ0) is 15.1. The topological polar surface area (TPSA) is 108 Å². The lowest BCUT2D eigenvalue weighted by Crippen LogP contribution is -2.30. The van der Waals surface area contributed by atoms with Gasteiger partial charge in [-0.25, -0.2) is 4.79 Å². The maximum absolute atomic E-state index is 10.9. The molecular formula is C12H15NO7. The number of carboxylic acid groups (broad SMARTS) is 1. The fourth-order valence-electron chi connectivity index (χ4n) is 1.45. The third-order valence-electron chi connectivity index (χ3n) is 2.40. The highest BCUT2D eigenvalue weighted by molar-refractivity contribution is 5.72. The van der Waals surface area contributed by atoms with E-state index in [4.69, 9.17) is 19.3 Å². The summed E-state index contributed by atoms with van der Waals surface area (Å²) in [6.45, 7) is 1.50. The Kier molecular flexibility index (Phi) is 5.73. The summed E-state index contributed by atoms with van der Waals surface area (Å²) in [5.41, 5.74) is -0.272. The van der Waals surface area contributed by atoms with Crippen molar-refractivity contribution in [3.05, 3.63) is 28.3 Å². The summed E-state index contributed by atoms with van der Waals surface area (Å²) in [7, 11) is 1.41. The Morgan fingerprint density at radius 1 is 1.50 bits per heavy atom. The van der Waals surface area contributed by atoms with Crippen LogP contribution >= 0.6 is 0 Å². The molecule has 1 aromatic carbocycles. The van der Waals surface area contributed by atoms with E-state index < -0.39 is 17.0 Å². The van der Waals surface area contributed by atoms with Gasteiger partial charge in [0.05, 0.1) is 12.0 Å². The predicted molar refractivity (Wildman–Crippen MR) is 68.2 cm³/mol. The zero-order valence-corrected chi connectivity index (χ0v) is 11.1. The first-order chi connectivity index (χ1) is 9.49. The molecule has 110 valence electrons. The van der Waals surface area contributed by atoms with Gasteiger partial charge in [-0.3, -0.25) is 10.1 Å². The largest absolute Gasteiger partial charge is 0.497 e. The van der Waals surface area contributed by atoms with Gasteiger partial charge in [0.25, 0.3) is 0 Å². The number of aliphatic carboxylic acids is 1. The van der Waals surface area contributed by atoms with E-state index in [9.17, 15) is 14.9 Å². The number of hydrogen-bond donors (Lipinski definition) is 1. The minimum atomic E-state index is -1.20. The molecular weight excluding hydrogens is 270 g/mol. The number of ether oxygens (including phenoxy) is 3. The molecule has 0 heterocycles. The lowest BCUT2D eigenvalue weighted by Gasteiger charge is -2.14. The highest BCUT2D eigenvalue weighted by atomic mass is 16.6. The van der Waals surface area contributed by atoms with Crippen molar-refractivity contribution in [2.75, 3.05) is 20.3 Å². The molecule has 0 spiro atoms. The molecule has 0 saturated heterocycles. The number of carboxylic acids is 1. The Morgan fingerprint density at radius 3 is 2.70 bits per heavy atom. The molecule has 1 atom stereocenters. The molecule has 0 amide bonds. The van der Waals surface area contributed by atoms with Gasteiger partial charge in [-0.15, -0.1) is 0 Å². The van der Waals surface area contributed by atoms with Crippen LogP contribution in [-0.2, 0) is 9.53 Å². The minimum Gasteiger partial charge on any atom is -0.497 e. The van der Waals surface area contributed by atoms with E-state index in [0.717, 1.165) is 0 Å². The van der Waals surface area contributed by atoms with Crippen molar-refractivity contribution in [3.63, 3.8) is 0 Å². The van der Waals surface area contributed by atoms with Gasteiger partial charge in [0.15, 0.2) is 6.10 Å². The molecule has 0 radical (unpaired) electrons. The molecule has 1 unspecified atom stereocenters. The van der Waals surface area contributed by atoms with Gasteiger partial charge in [0, 0.05) is 18.7 Å². The van der Waals surface area contributed by atoms with Crippen molar-refractivity contribution in [1.82, 2.24) is 0 Å². The molecule has 1 N–H and O–H groups in total. The Hall–Kier alpha value is -2.35. The third kappa shape index (κ3) is 4.09. The maximum Gasteiger partial charge on any atom is 0.336 e. The van der Waals surface area contributed by atoms with E-state index in [0.29, 0.717) is 5.75 Å². The van der Waals surface area contributed by atoms with Crippen LogP contribution in [0, 0.1) is 10.1 Å². The van der Waals surface area contributed by atoms with E-state index in [-0.39, 0.29) is 24.7 Å². The van der Waals surface area contributed by atoms with Crippen molar-refractivity contribution in [2.45, 2.75) is 13.0 Å². The van der Waals surface area contributed by atoms with Crippen LogP contribution in [0.2, 0.25) is 0 Å². The van der Waals surface area contributed by atoms with Gasteiger partial charge in [-0.2, -0.15) is 0 Å². The van der Waals surface area contributed by atoms with E-state index in [1.54, 1.807) is 6.92 Å². The first-order valence-electron chi connectivity index (χ1n) is 5.79. The highest BCUT2D eigenvalue weighted by Gasteiger charge is 2.22. The van der Waals surface area contributed by atoms with Crippen LogP contribution in [0.25, 0.3) is 0 Å². The quantitative estimate of drug-likeness (QED) is 0.569. The van der Waals surface area contributed by atoms with Gasteiger partial charge in [0.1, 0.15) is 12.4 Å². The lowest BCUT2D eigenvalue weighted by atomic mass is 10.2. The first kappa shape index (κ1) is 15.7. The Balaban J connectivity index is 2.89. The van der Waals surface area contributed by atoms with E-state index >= 15 is 0 Å². The smallest absolute Gasteiger partial charge is 0.336 e. The summed E-state index contributed by atoms with van der Waals surface area (Å²) in [4.78, 5) is 21.1. The van der Waals surface area contributed by atoms with Gasteiger partial charge in [-0.05, 0) is 13.0 Å². The second-order valence-corrected chi connectivity index (χ2v) is 3.68. The van der Waals surface area contributed by atoms with Crippen LogP contribution in [0.4, 0.5) is 5.69 Å². The monoisotopic (exact) mass is 285 g/mol. The molecule has 0 bridgehead atoms. The standard InChI is InChI=1S/C12H15NO7/c1-3-19-11(12(14)15)7-20-10-6-8(18-2)4-5-9(10)13(16)17/h4-6,11H,3,7H2,1-2H3,(H,14,15). The Bertz CT molecular complexity index is 489. The zero-order valence-electron chi connectivity index (χ0n) is 11.1. The van der Waals surface area contributed by atoms with Crippen LogP contribution in [0.5, 0.6) is 11.5 Å².